The van der Waals surface area contributed by atoms with Gasteiger partial charge in [-0.15, -0.1) is 0 Å². The van der Waals surface area contributed by atoms with Crippen molar-refractivity contribution in [3.8, 4) is 0 Å². The van der Waals surface area contributed by atoms with Gasteiger partial charge in [0.15, 0.2) is 6.10 Å². The van der Waals surface area contributed by atoms with Gasteiger partial charge in [0.2, 0.25) is 0 Å². The van der Waals surface area contributed by atoms with Crippen molar-refractivity contribution >= 4 is 17.9 Å². The summed E-state index contributed by atoms with van der Waals surface area (Å²) in [6.07, 6.45) is 50.9. The summed E-state index contributed by atoms with van der Waals surface area (Å²) in [6.45, 7) is 11.4. The maximum absolute atomic E-state index is 12.8. The molecule has 0 aliphatic carbocycles. The summed E-state index contributed by atoms with van der Waals surface area (Å²) in [5.74, 6) is 0.824. The minimum Gasteiger partial charge on any atom is -0.462 e. The number of carbonyl (C=O) groups is 3. The van der Waals surface area contributed by atoms with Crippen LogP contribution in [0.15, 0.2) is 0 Å². The molecular formula is C56H108O6. The number of hydrogen-bond acceptors (Lipinski definition) is 6. The minimum absolute atomic E-state index is 0.0630. The summed E-state index contributed by atoms with van der Waals surface area (Å²) in [4.78, 5) is 38.1. The van der Waals surface area contributed by atoms with Crippen LogP contribution in [0, 0.1) is 11.8 Å². The molecule has 0 aromatic heterocycles. The quantitative estimate of drug-likeness (QED) is 0.0344. The molecule has 0 aliphatic heterocycles. The molecule has 0 bridgehead atoms. The molecule has 0 aromatic rings. The zero-order valence-electron chi connectivity index (χ0n) is 42.5. The highest BCUT2D eigenvalue weighted by molar-refractivity contribution is 5.71. The van der Waals surface area contributed by atoms with Crippen molar-refractivity contribution in [2.45, 2.75) is 317 Å². The molecule has 0 saturated carbocycles. The van der Waals surface area contributed by atoms with E-state index in [-0.39, 0.29) is 31.1 Å². The third-order valence-electron chi connectivity index (χ3n) is 12.7. The zero-order valence-corrected chi connectivity index (χ0v) is 42.5. The average Bonchev–Trinajstić information content (AvgIpc) is 3.24. The maximum atomic E-state index is 12.8. The van der Waals surface area contributed by atoms with E-state index in [1.54, 1.807) is 0 Å². The van der Waals surface area contributed by atoms with E-state index in [0.717, 1.165) is 69.6 Å². The first-order chi connectivity index (χ1) is 30.2. The lowest BCUT2D eigenvalue weighted by atomic mass is 10.0. The van der Waals surface area contributed by atoms with Crippen LogP contribution in [0.2, 0.25) is 0 Å². The molecule has 0 heterocycles. The first-order valence-electron chi connectivity index (χ1n) is 27.7. The van der Waals surface area contributed by atoms with Crippen LogP contribution in [0.3, 0.4) is 0 Å². The van der Waals surface area contributed by atoms with E-state index in [2.05, 4.69) is 34.6 Å². The van der Waals surface area contributed by atoms with Gasteiger partial charge in [0.05, 0.1) is 0 Å². The SMILES string of the molecule is CCCCCCCCCCCCCCCCC(=O)O[C@@H](COC(=O)CCCCCCCCCCCCCCCC(C)C)COC(=O)CCCCCCCCCCCCCC(C)C. The van der Waals surface area contributed by atoms with Crippen molar-refractivity contribution in [1.29, 1.82) is 0 Å². The summed E-state index contributed by atoms with van der Waals surface area (Å²) in [6, 6.07) is 0. The molecule has 62 heavy (non-hydrogen) atoms. The third-order valence-corrected chi connectivity index (χ3v) is 12.7. The van der Waals surface area contributed by atoms with Gasteiger partial charge in [-0.05, 0) is 31.1 Å². The highest BCUT2D eigenvalue weighted by Crippen LogP contribution is 2.18. The Hall–Kier alpha value is -1.59. The van der Waals surface area contributed by atoms with Crippen LogP contribution in [0.5, 0.6) is 0 Å². The maximum Gasteiger partial charge on any atom is 0.306 e. The van der Waals surface area contributed by atoms with Crippen molar-refractivity contribution in [2.75, 3.05) is 13.2 Å². The lowest BCUT2D eigenvalue weighted by Gasteiger charge is -2.18. The van der Waals surface area contributed by atoms with Gasteiger partial charge in [0.1, 0.15) is 13.2 Å². The second-order valence-electron chi connectivity index (χ2n) is 20.2. The van der Waals surface area contributed by atoms with Crippen molar-refractivity contribution in [3.63, 3.8) is 0 Å². The average molecular weight is 877 g/mol. The molecule has 0 fully saturated rings. The number of esters is 3. The normalized spacial score (nSPS) is 12.0. The monoisotopic (exact) mass is 877 g/mol. The molecule has 0 saturated heterocycles. The fraction of sp³-hybridized carbons (Fsp3) is 0.946. The van der Waals surface area contributed by atoms with E-state index >= 15 is 0 Å². The van der Waals surface area contributed by atoms with Crippen LogP contribution >= 0.6 is 0 Å². The van der Waals surface area contributed by atoms with Crippen LogP contribution in [0.1, 0.15) is 311 Å². The fourth-order valence-corrected chi connectivity index (χ4v) is 8.52. The molecule has 0 aliphatic rings. The minimum atomic E-state index is -0.762. The van der Waals surface area contributed by atoms with E-state index in [1.165, 1.54) is 199 Å². The van der Waals surface area contributed by atoms with Crippen LogP contribution in [0.25, 0.3) is 0 Å². The van der Waals surface area contributed by atoms with E-state index in [4.69, 9.17) is 14.2 Å². The number of ether oxygens (including phenoxy) is 3. The van der Waals surface area contributed by atoms with E-state index in [0.29, 0.717) is 19.3 Å². The molecule has 0 amide bonds. The number of hydrogen-bond donors (Lipinski definition) is 0. The van der Waals surface area contributed by atoms with Crippen LogP contribution in [-0.2, 0) is 28.6 Å². The summed E-state index contributed by atoms with van der Waals surface area (Å²) < 4.78 is 16.9. The topological polar surface area (TPSA) is 78.9 Å². The second-order valence-corrected chi connectivity index (χ2v) is 20.2. The molecule has 0 aromatic carbocycles. The molecule has 368 valence electrons. The summed E-state index contributed by atoms with van der Waals surface area (Å²) in [5.41, 5.74) is 0. The van der Waals surface area contributed by atoms with Gasteiger partial charge >= 0.3 is 17.9 Å². The summed E-state index contributed by atoms with van der Waals surface area (Å²) >= 11 is 0. The Bertz CT molecular complexity index is 947. The zero-order chi connectivity index (χ0) is 45.4. The van der Waals surface area contributed by atoms with Crippen LogP contribution < -0.4 is 0 Å². The largest absolute Gasteiger partial charge is 0.462 e. The molecule has 6 heteroatoms. The standard InChI is InChI=1S/C56H108O6/c1-6-7-8-9-10-11-12-13-16-22-28-33-38-43-48-56(59)62-53(50-61-55(58)47-42-37-32-27-23-18-20-25-30-35-40-45-52(4)5)49-60-54(57)46-41-36-31-26-21-17-14-15-19-24-29-34-39-44-51(2)3/h51-53H,6-50H2,1-5H3/t53-/m0/s1. The van der Waals surface area contributed by atoms with Gasteiger partial charge in [0.25, 0.3) is 0 Å². The molecule has 0 radical (unpaired) electrons. The lowest BCUT2D eigenvalue weighted by molar-refractivity contribution is -0.167. The Kier molecular flexibility index (Phi) is 47.6. The number of rotatable bonds is 50. The van der Waals surface area contributed by atoms with E-state index < -0.39 is 6.10 Å². The van der Waals surface area contributed by atoms with Crippen LogP contribution in [0.4, 0.5) is 0 Å². The lowest BCUT2D eigenvalue weighted by Crippen LogP contribution is -2.30. The summed E-state index contributed by atoms with van der Waals surface area (Å²) in [5, 5.41) is 0. The van der Waals surface area contributed by atoms with Gasteiger partial charge < -0.3 is 14.2 Å². The number of carbonyl (C=O) groups excluding carboxylic acids is 3. The Morgan fingerprint density at radius 1 is 0.306 bits per heavy atom. The highest BCUT2D eigenvalue weighted by atomic mass is 16.6. The Morgan fingerprint density at radius 3 is 0.790 bits per heavy atom. The van der Waals surface area contributed by atoms with Gasteiger partial charge in [-0.1, -0.05) is 272 Å². The van der Waals surface area contributed by atoms with Gasteiger partial charge in [-0.3, -0.25) is 14.4 Å². The Morgan fingerprint density at radius 2 is 0.532 bits per heavy atom. The summed E-state index contributed by atoms with van der Waals surface area (Å²) in [7, 11) is 0. The third kappa shape index (κ3) is 49.4. The van der Waals surface area contributed by atoms with Gasteiger partial charge in [0, 0.05) is 19.3 Å². The van der Waals surface area contributed by atoms with E-state index in [1.807, 2.05) is 0 Å². The molecule has 0 unspecified atom stereocenters. The Balaban J connectivity index is 4.31. The molecule has 0 spiro atoms. The smallest absolute Gasteiger partial charge is 0.306 e. The van der Waals surface area contributed by atoms with Gasteiger partial charge in [-0.2, -0.15) is 0 Å². The molecule has 6 nitrogen and oxygen atoms in total. The van der Waals surface area contributed by atoms with E-state index in [9.17, 15) is 14.4 Å². The molecular weight excluding hydrogens is 769 g/mol. The van der Waals surface area contributed by atoms with Crippen molar-refractivity contribution in [1.82, 2.24) is 0 Å². The fourth-order valence-electron chi connectivity index (χ4n) is 8.52. The second kappa shape index (κ2) is 48.9. The van der Waals surface area contributed by atoms with Crippen molar-refractivity contribution in [3.05, 3.63) is 0 Å². The molecule has 0 N–H and O–H groups in total. The predicted molar refractivity (Wildman–Crippen MR) is 266 cm³/mol. The molecule has 1 atom stereocenters. The predicted octanol–water partition coefficient (Wildman–Crippen LogP) is 18.1. The first kappa shape index (κ1) is 60.4. The van der Waals surface area contributed by atoms with Gasteiger partial charge in [-0.25, -0.2) is 0 Å². The van der Waals surface area contributed by atoms with Crippen LogP contribution in [-0.4, -0.2) is 37.2 Å². The van der Waals surface area contributed by atoms with Crippen molar-refractivity contribution in [2.24, 2.45) is 11.8 Å². The van der Waals surface area contributed by atoms with Crippen molar-refractivity contribution < 1.29 is 28.6 Å². The molecule has 0 rings (SSSR count). The highest BCUT2D eigenvalue weighted by Gasteiger charge is 2.19. The first-order valence-corrected chi connectivity index (χ1v) is 27.7. The Labute approximate surface area is 387 Å². The number of unbranched alkanes of at least 4 members (excludes halogenated alkanes) is 35.